The van der Waals surface area contributed by atoms with Crippen LogP contribution in [0.4, 0.5) is 0 Å². The molecule has 0 saturated heterocycles. The van der Waals surface area contributed by atoms with Gasteiger partial charge in [0.05, 0.1) is 7.11 Å². The molecule has 3 N–H and O–H groups in total. The number of hydrogen-bond donors (Lipinski definition) is 3. The van der Waals surface area contributed by atoms with Gasteiger partial charge in [-0.3, -0.25) is 9.63 Å². The predicted molar refractivity (Wildman–Crippen MR) is 94.5 cm³/mol. The van der Waals surface area contributed by atoms with Crippen molar-refractivity contribution in [1.29, 1.82) is 0 Å². The van der Waals surface area contributed by atoms with Crippen molar-refractivity contribution in [3.63, 3.8) is 0 Å². The van der Waals surface area contributed by atoms with Crippen LogP contribution in [0.5, 0.6) is 17.2 Å². The molecule has 0 aliphatic carbocycles. The molecule has 0 aliphatic heterocycles. The first-order valence-corrected chi connectivity index (χ1v) is 7.79. The number of phenolic OH excluding ortho intramolecular Hbond substituents is 2. The van der Waals surface area contributed by atoms with E-state index in [0.29, 0.717) is 12.3 Å². The summed E-state index contributed by atoms with van der Waals surface area (Å²) in [5.41, 5.74) is 4.53. The number of methoxy groups -OCH3 is 1. The van der Waals surface area contributed by atoms with Gasteiger partial charge in [0, 0.05) is 6.54 Å². The first-order chi connectivity index (χ1) is 12.1. The highest BCUT2D eigenvalue weighted by Gasteiger charge is 2.02. The zero-order valence-corrected chi connectivity index (χ0v) is 13.9. The molecule has 0 radical (unpaired) electrons. The van der Waals surface area contributed by atoms with E-state index >= 15 is 0 Å². The maximum Gasteiger partial charge on any atom is 0.183 e. The minimum atomic E-state index is -0.191. The quantitative estimate of drug-likeness (QED) is 0.368. The lowest BCUT2D eigenvalue weighted by atomic mass is 10.1. The van der Waals surface area contributed by atoms with Crippen molar-refractivity contribution >= 4 is 11.9 Å². The summed E-state index contributed by atoms with van der Waals surface area (Å²) in [5, 5.41) is 18.7. The summed E-state index contributed by atoms with van der Waals surface area (Å²) in [6.07, 6.45) is 3.76. The number of hydrogen-bond acceptors (Lipinski definition) is 6. The minimum absolute atomic E-state index is 0.0483. The largest absolute Gasteiger partial charge is 0.508 e. The number of ketones is 1. The first kappa shape index (κ1) is 18.5. The van der Waals surface area contributed by atoms with Crippen molar-refractivity contribution in [2.75, 3.05) is 20.3 Å². The van der Waals surface area contributed by atoms with E-state index in [0.717, 1.165) is 17.5 Å². The molecule has 0 saturated carbocycles. The van der Waals surface area contributed by atoms with Gasteiger partial charge in [-0.1, -0.05) is 24.3 Å². The molecule has 6 nitrogen and oxygen atoms in total. The minimum Gasteiger partial charge on any atom is -0.508 e. The summed E-state index contributed by atoms with van der Waals surface area (Å²) in [7, 11) is 1.46. The van der Waals surface area contributed by atoms with Crippen LogP contribution in [-0.4, -0.2) is 36.3 Å². The Morgan fingerprint density at radius 3 is 2.64 bits per heavy atom. The molecule has 0 unspecified atom stereocenters. The van der Waals surface area contributed by atoms with Crippen molar-refractivity contribution in [3.8, 4) is 17.2 Å². The topological polar surface area (TPSA) is 88.0 Å². The summed E-state index contributed by atoms with van der Waals surface area (Å²) in [6.45, 7) is 0.470. The van der Waals surface area contributed by atoms with Gasteiger partial charge in [0.15, 0.2) is 17.3 Å². The van der Waals surface area contributed by atoms with Gasteiger partial charge in [0.25, 0.3) is 0 Å². The van der Waals surface area contributed by atoms with Crippen LogP contribution in [0.1, 0.15) is 11.1 Å². The monoisotopic (exact) mass is 343 g/mol. The third-order valence-electron chi connectivity index (χ3n) is 3.43. The molecule has 2 rings (SSSR count). The molecule has 0 spiro atoms. The van der Waals surface area contributed by atoms with Gasteiger partial charge < -0.3 is 14.9 Å². The van der Waals surface area contributed by atoms with Crippen molar-refractivity contribution in [2.45, 2.75) is 6.42 Å². The van der Waals surface area contributed by atoms with Crippen molar-refractivity contribution < 1.29 is 24.6 Å². The number of benzene rings is 2. The summed E-state index contributed by atoms with van der Waals surface area (Å²) in [6, 6.07) is 11.7. The second kappa shape index (κ2) is 9.46. The van der Waals surface area contributed by atoms with Crippen molar-refractivity contribution in [1.82, 2.24) is 5.48 Å². The molecule has 2 aromatic carbocycles. The molecular weight excluding hydrogens is 322 g/mol. The van der Waals surface area contributed by atoms with Crippen LogP contribution < -0.4 is 10.2 Å². The highest BCUT2D eigenvalue weighted by molar-refractivity contribution is 5.94. The number of carbonyl (C=O) groups is 1. The first-order valence-electron chi connectivity index (χ1n) is 7.79. The molecule has 0 fully saturated rings. The van der Waals surface area contributed by atoms with E-state index in [4.69, 9.17) is 9.57 Å². The summed E-state index contributed by atoms with van der Waals surface area (Å²) >= 11 is 0. The summed E-state index contributed by atoms with van der Waals surface area (Å²) < 4.78 is 5.01. The zero-order valence-electron chi connectivity index (χ0n) is 13.9. The average molecular weight is 343 g/mol. The number of ether oxygens (including phenoxy) is 1. The Balaban J connectivity index is 1.69. The van der Waals surface area contributed by atoms with Gasteiger partial charge in [-0.05, 0) is 47.9 Å². The van der Waals surface area contributed by atoms with E-state index in [-0.39, 0.29) is 23.9 Å². The molecule has 0 atom stereocenters. The second-order valence-electron chi connectivity index (χ2n) is 5.33. The van der Waals surface area contributed by atoms with Gasteiger partial charge in [-0.15, -0.1) is 0 Å². The standard InChI is InChI=1S/C19H21NO5/c1-24-19-12-15(5-9-18(19)23)4-8-17(22)13-25-20-11-10-14-2-6-16(21)7-3-14/h2-9,12,20-21,23H,10-11,13H2,1H3/b8-4+. The Kier molecular flexibility index (Phi) is 7.00. The fourth-order valence-electron chi connectivity index (χ4n) is 2.09. The van der Waals surface area contributed by atoms with Gasteiger partial charge in [-0.25, -0.2) is 5.48 Å². The van der Waals surface area contributed by atoms with E-state index in [1.807, 2.05) is 12.1 Å². The normalized spacial score (nSPS) is 10.9. The van der Waals surface area contributed by atoms with Crippen molar-refractivity contribution in [2.24, 2.45) is 0 Å². The smallest absolute Gasteiger partial charge is 0.183 e. The Labute approximate surface area is 146 Å². The zero-order chi connectivity index (χ0) is 18.1. The molecule has 132 valence electrons. The van der Waals surface area contributed by atoms with Gasteiger partial charge in [0.2, 0.25) is 0 Å². The number of aromatic hydroxyl groups is 2. The third-order valence-corrected chi connectivity index (χ3v) is 3.43. The summed E-state index contributed by atoms with van der Waals surface area (Å²) in [4.78, 5) is 16.9. The highest BCUT2D eigenvalue weighted by atomic mass is 16.6. The van der Waals surface area contributed by atoms with Crippen LogP contribution in [0.2, 0.25) is 0 Å². The van der Waals surface area contributed by atoms with E-state index in [2.05, 4.69) is 5.48 Å². The second-order valence-corrected chi connectivity index (χ2v) is 5.33. The van der Waals surface area contributed by atoms with Crippen LogP contribution in [0.3, 0.4) is 0 Å². The number of phenols is 2. The van der Waals surface area contributed by atoms with E-state index in [1.165, 1.54) is 19.3 Å². The SMILES string of the molecule is COc1cc(/C=C/C(=O)CONCCc2ccc(O)cc2)ccc1O. The maximum atomic E-state index is 11.7. The van der Waals surface area contributed by atoms with Crippen LogP contribution in [-0.2, 0) is 16.1 Å². The predicted octanol–water partition coefficient (Wildman–Crippen LogP) is 2.45. The van der Waals surface area contributed by atoms with E-state index < -0.39 is 0 Å². The van der Waals surface area contributed by atoms with E-state index in [1.54, 1.807) is 30.3 Å². The maximum absolute atomic E-state index is 11.7. The Morgan fingerprint density at radius 2 is 1.92 bits per heavy atom. The van der Waals surface area contributed by atoms with E-state index in [9.17, 15) is 15.0 Å². The van der Waals surface area contributed by atoms with Gasteiger partial charge >= 0.3 is 0 Å². The number of nitrogens with one attached hydrogen (secondary N) is 1. The fraction of sp³-hybridized carbons (Fsp3) is 0.211. The molecule has 6 heteroatoms. The molecule has 2 aromatic rings. The molecule has 0 heterocycles. The van der Waals surface area contributed by atoms with Gasteiger partial charge in [0.1, 0.15) is 12.4 Å². The number of rotatable bonds is 9. The Morgan fingerprint density at radius 1 is 1.16 bits per heavy atom. The average Bonchev–Trinajstić information content (AvgIpc) is 2.62. The fourth-order valence-corrected chi connectivity index (χ4v) is 2.09. The summed E-state index contributed by atoms with van der Waals surface area (Å²) in [5.74, 6) is 0.439. The van der Waals surface area contributed by atoms with Gasteiger partial charge in [-0.2, -0.15) is 0 Å². The van der Waals surface area contributed by atoms with Crippen LogP contribution in [0.15, 0.2) is 48.5 Å². The highest BCUT2D eigenvalue weighted by Crippen LogP contribution is 2.26. The van der Waals surface area contributed by atoms with Crippen molar-refractivity contribution in [3.05, 3.63) is 59.7 Å². The molecule has 0 bridgehead atoms. The number of carbonyl (C=O) groups excluding carboxylic acids is 1. The Bertz CT molecular complexity index is 725. The molecule has 0 aromatic heterocycles. The lowest BCUT2D eigenvalue weighted by molar-refractivity contribution is -0.121. The third kappa shape index (κ3) is 6.29. The molecule has 0 aliphatic rings. The molecule has 25 heavy (non-hydrogen) atoms. The molecule has 0 amide bonds. The van der Waals surface area contributed by atoms with Crippen LogP contribution in [0, 0.1) is 0 Å². The lowest BCUT2D eigenvalue weighted by Gasteiger charge is -2.05. The van der Waals surface area contributed by atoms with Crippen LogP contribution in [0.25, 0.3) is 6.08 Å². The van der Waals surface area contributed by atoms with Crippen LogP contribution >= 0.6 is 0 Å². The number of hydroxylamine groups is 1. The Hall–Kier alpha value is -2.83. The molecular formula is C19H21NO5. The lowest BCUT2D eigenvalue weighted by Crippen LogP contribution is -2.21.